The van der Waals surface area contributed by atoms with E-state index in [0.29, 0.717) is 57.3 Å². The van der Waals surface area contributed by atoms with E-state index in [1.807, 2.05) is 43.5 Å². The lowest BCUT2D eigenvalue weighted by atomic mass is 9.96. The fourth-order valence-corrected chi connectivity index (χ4v) is 7.22. The lowest BCUT2D eigenvalue weighted by molar-refractivity contribution is -0.132. The predicted molar refractivity (Wildman–Crippen MR) is 174 cm³/mol. The summed E-state index contributed by atoms with van der Waals surface area (Å²) < 4.78 is 28.1. The third-order valence-electron chi connectivity index (χ3n) is 7.55. The molecule has 0 bridgehead atoms. The molecule has 4 heterocycles. The van der Waals surface area contributed by atoms with Crippen LogP contribution in [0.4, 0.5) is 9.52 Å². The second-order valence-electron chi connectivity index (χ2n) is 10.4. The number of aliphatic hydroxyl groups excluding tert-OH is 1. The molecule has 1 fully saturated rings. The fraction of sp³-hybridized carbons (Fsp3) is 0.242. The first kappa shape index (κ1) is 31.2. The van der Waals surface area contributed by atoms with Crippen molar-refractivity contribution >= 4 is 51.3 Å². The van der Waals surface area contributed by atoms with Crippen molar-refractivity contribution in [2.45, 2.75) is 43.8 Å². The van der Waals surface area contributed by atoms with E-state index in [4.69, 9.17) is 9.47 Å². The van der Waals surface area contributed by atoms with Crippen LogP contribution in [0.25, 0.3) is 11.4 Å². The number of aryl methyl sites for hydroxylation is 2. The van der Waals surface area contributed by atoms with E-state index in [1.54, 1.807) is 43.3 Å². The quantitative estimate of drug-likeness (QED) is 0.0577. The van der Waals surface area contributed by atoms with E-state index in [1.165, 1.54) is 22.7 Å². The zero-order chi connectivity index (χ0) is 32.5. The largest absolute Gasteiger partial charge is 0.505 e. The van der Waals surface area contributed by atoms with Crippen LogP contribution < -0.4 is 14.4 Å². The molecule has 1 saturated heterocycles. The van der Waals surface area contributed by atoms with Gasteiger partial charge in [0.15, 0.2) is 21.6 Å². The Morgan fingerprint density at radius 1 is 1.02 bits per heavy atom. The summed E-state index contributed by atoms with van der Waals surface area (Å²) in [5.74, 6) is -1.28. The zero-order valence-electron chi connectivity index (χ0n) is 25.5. The summed E-state index contributed by atoms with van der Waals surface area (Å²) in [5, 5.41) is 20.4. The molecule has 0 saturated carbocycles. The summed E-state index contributed by atoms with van der Waals surface area (Å²) in [7, 11) is 0. The van der Waals surface area contributed by atoms with E-state index in [9.17, 15) is 19.1 Å². The molecule has 1 amide bonds. The van der Waals surface area contributed by atoms with Gasteiger partial charge in [0.25, 0.3) is 5.78 Å². The lowest BCUT2D eigenvalue weighted by Gasteiger charge is -2.23. The molecule has 13 heteroatoms. The Kier molecular flexibility index (Phi) is 8.78. The molecular formula is C33H30FN5O5S2. The standard InChI is InChI=1S/C33H30FN5O5S2/c1-5-43-23-14-13-20(16-24(23)44-6-2)27-25(28(40)26-19(4)38-15-9-10-18(3)30(38)35-26)29(41)31(42)39(27)32-36-37-33(46-32)45-17-21-11-7-8-12-22(21)34/h7-16,27,40H,5-6,17H2,1-4H3. The average molecular weight is 660 g/mol. The number of rotatable bonds is 10. The van der Waals surface area contributed by atoms with E-state index in [2.05, 4.69) is 15.2 Å². The van der Waals surface area contributed by atoms with Crippen LogP contribution in [0.3, 0.4) is 0 Å². The van der Waals surface area contributed by atoms with Crippen LogP contribution in [0.1, 0.15) is 48.0 Å². The fourth-order valence-electron chi connectivity index (χ4n) is 5.37. The summed E-state index contributed by atoms with van der Waals surface area (Å²) in [6, 6.07) is 14.3. The molecule has 1 unspecified atom stereocenters. The number of pyridine rings is 1. The van der Waals surface area contributed by atoms with Gasteiger partial charge in [0.1, 0.15) is 17.2 Å². The van der Waals surface area contributed by atoms with Gasteiger partial charge >= 0.3 is 5.91 Å². The number of Topliss-reactive ketones (excluding diaryl/α,β-unsaturated/α-hetero) is 1. The van der Waals surface area contributed by atoms with Crippen molar-refractivity contribution in [2.75, 3.05) is 18.1 Å². The van der Waals surface area contributed by atoms with E-state index >= 15 is 0 Å². The Morgan fingerprint density at radius 2 is 1.78 bits per heavy atom. The number of thioether (sulfide) groups is 1. The van der Waals surface area contributed by atoms with Crippen LogP contribution in [0, 0.1) is 19.7 Å². The van der Waals surface area contributed by atoms with Crippen LogP contribution in [0.15, 0.2) is 70.7 Å². The number of aliphatic hydroxyl groups is 1. The first-order valence-electron chi connectivity index (χ1n) is 14.6. The molecule has 1 N–H and O–H groups in total. The summed E-state index contributed by atoms with van der Waals surface area (Å²) in [6.45, 7) is 8.13. The Bertz CT molecular complexity index is 2010. The number of ketones is 1. The minimum atomic E-state index is -1.09. The predicted octanol–water partition coefficient (Wildman–Crippen LogP) is 6.66. The topological polar surface area (TPSA) is 119 Å². The summed E-state index contributed by atoms with van der Waals surface area (Å²) in [6.07, 6.45) is 1.82. The highest BCUT2D eigenvalue weighted by molar-refractivity contribution is 8.00. The molecule has 3 aromatic heterocycles. The molecule has 236 valence electrons. The van der Waals surface area contributed by atoms with Gasteiger partial charge < -0.3 is 19.0 Å². The summed E-state index contributed by atoms with van der Waals surface area (Å²) in [4.78, 5) is 33.5. The number of halogens is 1. The van der Waals surface area contributed by atoms with Gasteiger partial charge in [-0.2, -0.15) is 0 Å². The van der Waals surface area contributed by atoms with Crippen molar-refractivity contribution in [3.8, 4) is 11.5 Å². The minimum absolute atomic E-state index is 0.142. The van der Waals surface area contributed by atoms with Gasteiger partial charge in [-0.3, -0.25) is 14.5 Å². The number of benzene rings is 2. The summed E-state index contributed by atoms with van der Waals surface area (Å²) >= 11 is 2.36. The highest BCUT2D eigenvalue weighted by Gasteiger charge is 2.49. The highest BCUT2D eigenvalue weighted by Crippen LogP contribution is 2.46. The van der Waals surface area contributed by atoms with Crippen LogP contribution in [-0.2, 0) is 15.3 Å². The zero-order valence-corrected chi connectivity index (χ0v) is 27.1. The van der Waals surface area contributed by atoms with Crippen molar-refractivity contribution < 1.29 is 28.6 Å². The molecule has 1 aliphatic rings. The second kappa shape index (κ2) is 12.9. The molecule has 0 aliphatic carbocycles. The Labute approximate surface area is 272 Å². The molecule has 46 heavy (non-hydrogen) atoms. The van der Waals surface area contributed by atoms with Crippen LogP contribution in [0.2, 0.25) is 0 Å². The minimum Gasteiger partial charge on any atom is -0.505 e. The van der Waals surface area contributed by atoms with Crippen LogP contribution in [0.5, 0.6) is 11.5 Å². The number of hydrogen-bond acceptors (Lipinski definition) is 10. The maximum absolute atomic E-state index is 14.2. The number of hydrogen-bond donors (Lipinski definition) is 1. The van der Waals surface area contributed by atoms with Crippen molar-refractivity contribution in [3.05, 3.63) is 100 Å². The number of anilines is 1. The smallest absolute Gasteiger partial charge is 0.301 e. The van der Waals surface area contributed by atoms with Gasteiger partial charge in [-0.05, 0) is 68.7 Å². The van der Waals surface area contributed by atoms with Gasteiger partial charge in [-0.1, -0.05) is 53.4 Å². The maximum atomic E-state index is 14.2. The number of fused-ring (bicyclic) bond motifs is 1. The first-order valence-corrected chi connectivity index (χ1v) is 16.4. The summed E-state index contributed by atoms with van der Waals surface area (Å²) in [5.41, 5.74) is 3.13. The van der Waals surface area contributed by atoms with Gasteiger partial charge in [-0.15, -0.1) is 10.2 Å². The molecule has 2 aromatic carbocycles. The van der Waals surface area contributed by atoms with E-state index in [-0.39, 0.29) is 22.2 Å². The normalized spacial score (nSPS) is 16.0. The molecule has 1 atom stereocenters. The highest BCUT2D eigenvalue weighted by atomic mass is 32.2. The third-order valence-corrected chi connectivity index (χ3v) is 9.65. The number of aromatic nitrogens is 4. The van der Waals surface area contributed by atoms with Gasteiger partial charge in [0.05, 0.1) is 30.5 Å². The Hall–Kier alpha value is -4.75. The molecular weight excluding hydrogens is 630 g/mol. The monoisotopic (exact) mass is 659 g/mol. The van der Waals surface area contributed by atoms with Crippen LogP contribution >= 0.6 is 23.1 Å². The maximum Gasteiger partial charge on any atom is 0.301 e. The molecule has 6 rings (SSSR count). The lowest BCUT2D eigenvalue weighted by Crippen LogP contribution is -2.29. The van der Waals surface area contributed by atoms with Crippen LogP contribution in [-0.4, -0.2) is 49.6 Å². The van der Waals surface area contributed by atoms with E-state index in [0.717, 1.165) is 16.9 Å². The molecule has 5 aromatic rings. The van der Waals surface area contributed by atoms with Gasteiger partial charge in [0.2, 0.25) is 5.13 Å². The second-order valence-corrected chi connectivity index (χ2v) is 12.6. The molecule has 0 radical (unpaired) electrons. The first-order chi connectivity index (χ1) is 22.2. The number of imidazole rings is 1. The van der Waals surface area contributed by atoms with Crippen molar-refractivity contribution in [1.82, 2.24) is 19.6 Å². The van der Waals surface area contributed by atoms with Crippen molar-refractivity contribution in [2.24, 2.45) is 0 Å². The number of amides is 1. The molecule has 10 nitrogen and oxygen atoms in total. The number of carbonyl (C=O) groups excluding carboxylic acids is 2. The molecule has 0 spiro atoms. The van der Waals surface area contributed by atoms with Gasteiger partial charge in [-0.25, -0.2) is 9.37 Å². The number of ether oxygens (including phenoxy) is 2. The Morgan fingerprint density at radius 3 is 2.52 bits per heavy atom. The van der Waals surface area contributed by atoms with Gasteiger partial charge in [0, 0.05) is 11.9 Å². The number of nitrogens with zero attached hydrogens (tertiary/aromatic N) is 5. The number of carbonyl (C=O) groups is 2. The third kappa shape index (κ3) is 5.60. The van der Waals surface area contributed by atoms with E-state index < -0.39 is 23.5 Å². The van der Waals surface area contributed by atoms with Crippen molar-refractivity contribution in [1.29, 1.82) is 0 Å². The Balaban J connectivity index is 1.48. The molecule has 1 aliphatic heterocycles. The average Bonchev–Trinajstić information content (AvgIpc) is 3.72. The van der Waals surface area contributed by atoms with Crippen molar-refractivity contribution in [3.63, 3.8) is 0 Å². The SMILES string of the molecule is CCOc1ccc(C2C(=C(O)c3nc4c(C)cccn4c3C)C(=O)C(=O)N2c2nnc(SCc3ccccc3F)s2)cc1OCC.